The third kappa shape index (κ3) is 6.05. The monoisotopic (exact) mass is 312 g/mol. The molecule has 0 radical (unpaired) electrons. The molecule has 0 aliphatic rings. The van der Waals surface area contributed by atoms with Gasteiger partial charge in [0, 0.05) is 17.8 Å². The standard InChI is InChI=1S/C14H20N2O4S/c1-5-20-13(17)9-7-11-6-8-12(10-15-11)21(18,19)16-14(2,3)4/h6-10,16H,5H2,1-4H3. The molecule has 1 aromatic rings. The van der Waals surface area contributed by atoms with Gasteiger partial charge in [0.25, 0.3) is 0 Å². The highest BCUT2D eigenvalue weighted by Crippen LogP contribution is 2.12. The molecule has 1 N–H and O–H groups in total. The number of pyridine rings is 1. The zero-order valence-corrected chi connectivity index (χ0v) is 13.4. The van der Waals surface area contributed by atoms with Crippen LogP contribution in [0.25, 0.3) is 6.08 Å². The van der Waals surface area contributed by atoms with Crippen molar-refractivity contribution in [3.05, 3.63) is 30.1 Å². The second kappa shape index (κ2) is 6.82. The zero-order chi connectivity index (χ0) is 16.1. The maximum atomic E-state index is 12.1. The van der Waals surface area contributed by atoms with Crippen LogP contribution < -0.4 is 4.72 Å². The molecular formula is C14H20N2O4S. The van der Waals surface area contributed by atoms with E-state index in [1.165, 1.54) is 30.5 Å². The van der Waals surface area contributed by atoms with Gasteiger partial charge in [0.15, 0.2) is 0 Å². The van der Waals surface area contributed by atoms with Gasteiger partial charge >= 0.3 is 5.97 Å². The quantitative estimate of drug-likeness (QED) is 0.661. The predicted octanol–water partition coefficient (Wildman–Crippen LogP) is 1.73. The van der Waals surface area contributed by atoms with Crippen LogP contribution in [0.3, 0.4) is 0 Å². The number of nitrogens with zero attached hydrogens (tertiary/aromatic N) is 1. The Balaban J connectivity index is 2.86. The lowest BCUT2D eigenvalue weighted by atomic mass is 10.1. The second-order valence-electron chi connectivity index (χ2n) is 5.36. The Kier molecular flexibility index (Phi) is 5.62. The van der Waals surface area contributed by atoms with Crippen LogP contribution in [0.15, 0.2) is 29.3 Å². The van der Waals surface area contributed by atoms with Gasteiger partial charge in [-0.05, 0) is 45.9 Å². The predicted molar refractivity (Wildman–Crippen MR) is 80.0 cm³/mol. The number of esters is 1. The van der Waals surface area contributed by atoms with Crippen LogP contribution in [0.2, 0.25) is 0 Å². The average molecular weight is 312 g/mol. The average Bonchev–Trinajstić information content (AvgIpc) is 2.34. The Morgan fingerprint density at radius 3 is 2.52 bits per heavy atom. The summed E-state index contributed by atoms with van der Waals surface area (Å²) in [6, 6.07) is 2.96. The first-order chi connectivity index (χ1) is 9.64. The fourth-order valence-corrected chi connectivity index (χ4v) is 2.82. The maximum absolute atomic E-state index is 12.1. The van der Waals surface area contributed by atoms with Crippen molar-refractivity contribution in [2.24, 2.45) is 0 Å². The molecule has 7 heteroatoms. The van der Waals surface area contributed by atoms with E-state index in [0.717, 1.165) is 0 Å². The molecule has 21 heavy (non-hydrogen) atoms. The van der Waals surface area contributed by atoms with E-state index >= 15 is 0 Å². The molecule has 0 bridgehead atoms. The van der Waals surface area contributed by atoms with Gasteiger partial charge in [0.1, 0.15) is 4.90 Å². The first-order valence-electron chi connectivity index (χ1n) is 6.49. The molecule has 6 nitrogen and oxygen atoms in total. The summed E-state index contributed by atoms with van der Waals surface area (Å²) in [6.45, 7) is 7.29. The van der Waals surface area contributed by atoms with Crippen LogP contribution in [0, 0.1) is 0 Å². The van der Waals surface area contributed by atoms with Crippen molar-refractivity contribution >= 4 is 22.1 Å². The molecule has 0 atom stereocenters. The number of carbonyl (C=O) groups excluding carboxylic acids is 1. The van der Waals surface area contributed by atoms with E-state index in [4.69, 9.17) is 4.74 Å². The Hall–Kier alpha value is -1.73. The number of hydrogen-bond acceptors (Lipinski definition) is 5. The van der Waals surface area contributed by atoms with Gasteiger partial charge in [-0.1, -0.05) is 0 Å². The van der Waals surface area contributed by atoms with Crippen molar-refractivity contribution in [3.63, 3.8) is 0 Å². The maximum Gasteiger partial charge on any atom is 0.330 e. The fraction of sp³-hybridized carbons (Fsp3) is 0.429. The van der Waals surface area contributed by atoms with Crippen molar-refractivity contribution < 1.29 is 17.9 Å². The van der Waals surface area contributed by atoms with Crippen LogP contribution in [-0.2, 0) is 19.6 Å². The lowest BCUT2D eigenvalue weighted by molar-refractivity contribution is -0.137. The third-order valence-corrected chi connectivity index (χ3v) is 3.93. The zero-order valence-electron chi connectivity index (χ0n) is 12.6. The summed E-state index contributed by atoms with van der Waals surface area (Å²) in [5.74, 6) is -0.467. The molecule has 0 saturated heterocycles. The Bertz CT molecular complexity index is 613. The number of hydrogen-bond donors (Lipinski definition) is 1. The van der Waals surface area contributed by atoms with E-state index < -0.39 is 21.5 Å². The van der Waals surface area contributed by atoms with Gasteiger partial charge in [-0.2, -0.15) is 0 Å². The van der Waals surface area contributed by atoms with E-state index in [2.05, 4.69) is 9.71 Å². The molecule has 1 aromatic heterocycles. The third-order valence-electron chi connectivity index (χ3n) is 2.19. The van der Waals surface area contributed by atoms with Crippen LogP contribution in [-0.4, -0.2) is 31.5 Å². The summed E-state index contributed by atoms with van der Waals surface area (Å²) in [5.41, 5.74) is -0.0980. The van der Waals surface area contributed by atoms with Crippen LogP contribution >= 0.6 is 0 Å². The summed E-state index contributed by atoms with van der Waals surface area (Å²) in [5, 5.41) is 0. The summed E-state index contributed by atoms with van der Waals surface area (Å²) in [4.78, 5) is 15.2. The van der Waals surface area contributed by atoms with Gasteiger partial charge < -0.3 is 4.74 Å². The Labute approximate surface area is 125 Å². The highest BCUT2D eigenvalue weighted by molar-refractivity contribution is 7.89. The van der Waals surface area contributed by atoms with Gasteiger partial charge in [-0.15, -0.1) is 0 Å². The topological polar surface area (TPSA) is 85.4 Å². The minimum atomic E-state index is -3.60. The van der Waals surface area contributed by atoms with E-state index in [9.17, 15) is 13.2 Å². The lowest BCUT2D eigenvalue weighted by Crippen LogP contribution is -2.40. The van der Waals surface area contributed by atoms with Crippen LogP contribution in [0.1, 0.15) is 33.4 Å². The van der Waals surface area contributed by atoms with Crippen molar-refractivity contribution in [1.82, 2.24) is 9.71 Å². The largest absolute Gasteiger partial charge is 0.463 e. The van der Waals surface area contributed by atoms with Gasteiger partial charge in [-0.25, -0.2) is 17.9 Å². The van der Waals surface area contributed by atoms with Crippen molar-refractivity contribution in [2.45, 2.75) is 38.1 Å². The lowest BCUT2D eigenvalue weighted by Gasteiger charge is -2.20. The normalized spacial score (nSPS) is 12.6. The fourth-order valence-electron chi connectivity index (χ4n) is 1.46. The molecule has 116 valence electrons. The molecule has 0 aliphatic heterocycles. The Morgan fingerprint density at radius 1 is 1.38 bits per heavy atom. The molecule has 0 fully saturated rings. The van der Waals surface area contributed by atoms with E-state index in [0.29, 0.717) is 12.3 Å². The van der Waals surface area contributed by atoms with Gasteiger partial charge in [0.05, 0.1) is 12.3 Å². The first kappa shape index (κ1) is 17.3. The summed E-state index contributed by atoms with van der Waals surface area (Å²) in [6.07, 6.45) is 3.96. The molecule has 0 aliphatic carbocycles. The van der Waals surface area contributed by atoms with Crippen molar-refractivity contribution in [2.75, 3.05) is 6.61 Å². The molecule has 0 aromatic carbocycles. The molecule has 0 spiro atoms. The molecule has 1 rings (SSSR count). The van der Waals surface area contributed by atoms with Crippen LogP contribution in [0.5, 0.6) is 0 Å². The highest BCUT2D eigenvalue weighted by Gasteiger charge is 2.21. The second-order valence-corrected chi connectivity index (χ2v) is 7.04. The van der Waals surface area contributed by atoms with E-state index in [1.807, 2.05) is 0 Å². The summed E-state index contributed by atoms with van der Waals surface area (Å²) < 4.78 is 31.4. The number of sulfonamides is 1. The van der Waals surface area contributed by atoms with Crippen LogP contribution in [0.4, 0.5) is 0 Å². The number of ether oxygens (including phenoxy) is 1. The first-order valence-corrected chi connectivity index (χ1v) is 7.97. The molecule has 1 heterocycles. The Morgan fingerprint density at radius 2 is 2.05 bits per heavy atom. The summed E-state index contributed by atoms with van der Waals surface area (Å²) in [7, 11) is -3.60. The van der Waals surface area contributed by atoms with Crippen molar-refractivity contribution in [1.29, 1.82) is 0 Å². The van der Waals surface area contributed by atoms with E-state index in [1.54, 1.807) is 27.7 Å². The highest BCUT2D eigenvalue weighted by atomic mass is 32.2. The van der Waals surface area contributed by atoms with E-state index in [-0.39, 0.29) is 4.90 Å². The SMILES string of the molecule is CCOC(=O)C=Cc1ccc(S(=O)(=O)NC(C)(C)C)cn1. The molecule has 0 unspecified atom stereocenters. The van der Waals surface area contributed by atoms with Crippen molar-refractivity contribution in [3.8, 4) is 0 Å². The molecular weight excluding hydrogens is 292 g/mol. The minimum Gasteiger partial charge on any atom is -0.463 e. The van der Waals surface area contributed by atoms with Gasteiger partial charge in [0.2, 0.25) is 10.0 Å². The summed E-state index contributed by atoms with van der Waals surface area (Å²) >= 11 is 0. The smallest absolute Gasteiger partial charge is 0.330 e. The number of aromatic nitrogens is 1. The molecule has 0 amide bonds. The molecule has 0 saturated carbocycles. The van der Waals surface area contributed by atoms with Gasteiger partial charge in [-0.3, -0.25) is 4.98 Å². The number of nitrogens with one attached hydrogen (secondary N) is 1. The minimum absolute atomic E-state index is 0.0747. The number of rotatable bonds is 5. The number of carbonyl (C=O) groups is 1.